The van der Waals surface area contributed by atoms with E-state index >= 15 is 0 Å². The van der Waals surface area contributed by atoms with Crippen LogP contribution in [0.25, 0.3) is 0 Å². The first-order valence-corrected chi connectivity index (χ1v) is 8.51. The summed E-state index contributed by atoms with van der Waals surface area (Å²) >= 11 is 0. The number of hydrogen-bond donors (Lipinski definition) is 1. The van der Waals surface area contributed by atoms with Crippen molar-refractivity contribution in [2.75, 3.05) is 0 Å². The molecule has 132 valence electrons. The molecular formula is C20H18N2O4. The molecule has 1 N–H and O–H groups in total. The number of ether oxygens (including phenoxy) is 1. The summed E-state index contributed by atoms with van der Waals surface area (Å²) in [4.78, 5) is 39.5. The quantitative estimate of drug-likeness (QED) is 0.680. The van der Waals surface area contributed by atoms with Crippen molar-refractivity contribution in [1.29, 1.82) is 0 Å². The largest absolute Gasteiger partial charge is 0.461 e. The predicted molar refractivity (Wildman–Crippen MR) is 93.0 cm³/mol. The lowest BCUT2D eigenvalue weighted by molar-refractivity contribution is -0.147. The number of nitrogens with one attached hydrogen (secondary N) is 1. The van der Waals surface area contributed by atoms with Crippen molar-refractivity contribution in [3.8, 4) is 0 Å². The maximum atomic E-state index is 13.5. The first kappa shape index (κ1) is 16.3. The number of amides is 3. The van der Waals surface area contributed by atoms with E-state index in [0.717, 1.165) is 4.90 Å². The van der Waals surface area contributed by atoms with Gasteiger partial charge in [-0.3, -0.25) is 4.79 Å². The van der Waals surface area contributed by atoms with Crippen LogP contribution in [0.15, 0.2) is 60.7 Å². The van der Waals surface area contributed by atoms with Crippen LogP contribution in [0.1, 0.15) is 24.5 Å². The number of cyclic esters (lactones) is 1. The summed E-state index contributed by atoms with van der Waals surface area (Å²) in [5, 5.41) is 2.84. The predicted octanol–water partition coefficient (Wildman–Crippen LogP) is 2.19. The smallest absolute Gasteiger partial charge is 0.329 e. The van der Waals surface area contributed by atoms with Crippen molar-refractivity contribution in [2.24, 2.45) is 0 Å². The molecule has 0 saturated carbocycles. The normalized spacial score (nSPS) is 24.5. The van der Waals surface area contributed by atoms with Gasteiger partial charge in [-0.15, -0.1) is 0 Å². The third kappa shape index (κ3) is 2.29. The lowest BCUT2D eigenvalue weighted by Gasteiger charge is -2.28. The Hall–Kier alpha value is -3.15. The van der Waals surface area contributed by atoms with Crippen LogP contribution in [0.2, 0.25) is 0 Å². The molecule has 26 heavy (non-hydrogen) atoms. The highest BCUT2D eigenvalue weighted by Gasteiger charge is 2.58. The van der Waals surface area contributed by atoms with Gasteiger partial charge in [-0.2, -0.15) is 0 Å². The van der Waals surface area contributed by atoms with E-state index in [-0.39, 0.29) is 6.10 Å². The first-order chi connectivity index (χ1) is 12.5. The molecule has 6 nitrogen and oxygen atoms in total. The van der Waals surface area contributed by atoms with Gasteiger partial charge in [0.05, 0.1) is 0 Å². The Bertz CT molecular complexity index is 826. The van der Waals surface area contributed by atoms with Crippen LogP contribution in [-0.4, -0.2) is 35.0 Å². The monoisotopic (exact) mass is 350 g/mol. The second-order valence-corrected chi connectivity index (χ2v) is 6.59. The molecule has 2 saturated heterocycles. The number of carbonyl (C=O) groups excluding carboxylic acids is 3. The van der Waals surface area contributed by atoms with E-state index < -0.39 is 29.5 Å². The molecule has 2 aliphatic heterocycles. The lowest BCUT2D eigenvalue weighted by atomic mass is 9.82. The number of imide groups is 1. The third-order valence-electron chi connectivity index (χ3n) is 4.92. The van der Waals surface area contributed by atoms with Gasteiger partial charge in [0, 0.05) is 6.42 Å². The number of carbonyl (C=O) groups is 3. The fourth-order valence-corrected chi connectivity index (χ4v) is 3.71. The van der Waals surface area contributed by atoms with E-state index in [1.54, 1.807) is 31.2 Å². The standard InChI is InChI=1S/C20H18N2O4/c1-13-12-16(17(23)26-13)22-18(24)20(21-19(22)25,14-8-4-2-5-9-14)15-10-6-3-7-11-15/h2-11,13,16H,12H2,1H3,(H,21,25)/t13-,16-/m1/s1. The molecular weight excluding hydrogens is 332 g/mol. The molecule has 0 spiro atoms. The molecule has 4 rings (SSSR count). The SMILES string of the molecule is C[C@@H]1C[C@@H](N2C(=O)NC(c3ccccc3)(c3ccccc3)C2=O)C(=O)O1. The summed E-state index contributed by atoms with van der Waals surface area (Å²) in [5.41, 5.74) is -0.0657. The van der Waals surface area contributed by atoms with E-state index in [0.29, 0.717) is 17.5 Å². The van der Waals surface area contributed by atoms with Crippen molar-refractivity contribution in [1.82, 2.24) is 10.2 Å². The van der Waals surface area contributed by atoms with Crippen molar-refractivity contribution in [3.63, 3.8) is 0 Å². The molecule has 0 aromatic heterocycles. The molecule has 0 unspecified atom stereocenters. The van der Waals surface area contributed by atoms with E-state index in [1.807, 2.05) is 36.4 Å². The Morgan fingerprint density at radius 3 is 1.96 bits per heavy atom. The summed E-state index contributed by atoms with van der Waals surface area (Å²) < 4.78 is 5.15. The fraction of sp³-hybridized carbons (Fsp3) is 0.250. The Kier molecular flexibility index (Phi) is 3.76. The summed E-state index contributed by atoms with van der Waals surface area (Å²) in [6.45, 7) is 1.75. The number of rotatable bonds is 3. The number of benzene rings is 2. The van der Waals surface area contributed by atoms with Crippen LogP contribution >= 0.6 is 0 Å². The van der Waals surface area contributed by atoms with E-state index in [2.05, 4.69) is 5.32 Å². The van der Waals surface area contributed by atoms with Gasteiger partial charge in [0.15, 0.2) is 5.54 Å². The molecule has 2 heterocycles. The molecule has 2 aliphatic rings. The molecule has 6 heteroatoms. The topological polar surface area (TPSA) is 75.7 Å². The Balaban J connectivity index is 1.85. The van der Waals surface area contributed by atoms with Crippen LogP contribution in [0, 0.1) is 0 Å². The molecule has 2 atom stereocenters. The Morgan fingerprint density at radius 1 is 0.962 bits per heavy atom. The Morgan fingerprint density at radius 2 is 1.50 bits per heavy atom. The zero-order valence-corrected chi connectivity index (χ0v) is 14.2. The van der Waals surface area contributed by atoms with Gasteiger partial charge >= 0.3 is 12.0 Å². The van der Waals surface area contributed by atoms with Crippen molar-refractivity contribution < 1.29 is 19.1 Å². The van der Waals surface area contributed by atoms with Gasteiger partial charge in [0.1, 0.15) is 12.1 Å². The van der Waals surface area contributed by atoms with Crippen LogP contribution in [-0.2, 0) is 19.9 Å². The average Bonchev–Trinajstić information content (AvgIpc) is 3.12. The molecule has 0 aliphatic carbocycles. The summed E-state index contributed by atoms with van der Waals surface area (Å²) in [6.07, 6.45) is -0.0194. The van der Waals surface area contributed by atoms with Gasteiger partial charge in [-0.05, 0) is 18.1 Å². The van der Waals surface area contributed by atoms with Crippen molar-refractivity contribution >= 4 is 17.9 Å². The Labute approximate surface area is 150 Å². The highest BCUT2D eigenvalue weighted by molar-refractivity contribution is 6.11. The molecule has 2 fully saturated rings. The zero-order valence-electron chi connectivity index (χ0n) is 14.2. The van der Waals surface area contributed by atoms with Crippen LogP contribution in [0.4, 0.5) is 4.79 Å². The maximum Gasteiger partial charge on any atom is 0.329 e. The van der Waals surface area contributed by atoms with E-state index in [1.165, 1.54) is 0 Å². The molecule has 0 bridgehead atoms. The number of urea groups is 1. The molecule has 2 aromatic rings. The van der Waals surface area contributed by atoms with Crippen LogP contribution in [0.3, 0.4) is 0 Å². The minimum atomic E-state index is -1.36. The van der Waals surface area contributed by atoms with E-state index in [9.17, 15) is 14.4 Å². The number of hydrogen-bond acceptors (Lipinski definition) is 4. The van der Waals surface area contributed by atoms with Gasteiger partial charge in [-0.25, -0.2) is 14.5 Å². The zero-order chi connectivity index (χ0) is 18.3. The highest BCUT2D eigenvalue weighted by Crippen LogP contribution is 2.38. The van der Waals surface area contributed by atoms with E-state index in [4.69, 9.17) is 4.74 Å². The summed E-state index contributed by atoms with van der Waals surface area (Å²) in [5.74, 6) is -1.01. The molecule has 0 radical (unpaired) electrons. The highest BCUT2D eigenvalue weighted by atomic mass is 16.6. The fourth-order valence-electron chi connectivity index (χ4n) is 3.71. The summed E-state index contributed by atoms with van der Waals surface area (Å²) in [6, 6.07) is 16.6. The maximum absolute atomic E-state index is 13.5. The number of nitrogens with zero attached hydrogens (tertiary/aromatic N) is 1. The molecule has 3 amide bonds. The first-order valence-electron chi connectivity index (χ1n) is 8.51. The van der Waals surface area contributed by atoms with Gasteiger partial charge < -0.3 is 10.1 Å². The lowest BCUT2D eigenvalue weighted by Crippen LogP contribution is -2.47. The van der Waals surface area contributed by atoms with Crippen LogP contribution < -0.4 is 5.32 Å². The summed E-state index contributed by atoms with van der Waals surface area (Å²) in [7, 11) is 0. The third-order valence-corrected chi connectivity index (χ3v) is 4.92. The van der Waals surface area contributed by atoms with Crippen molar-refractivity contribution in [2.45, 2.75) is 31.0 Å². The minimum Gasteiger partial charge on any atom is -0.461 e. The molecule has 2 aromatic carbocycles. The van der Waals surface area contributed by atoms with Crippen LogP contribution in [0.5, 0.6) is 0 Å². The number of esters is 1. The second kappa shape index (κ2) is 5.98. The van der Waals surface area contributed by atoms with Gasteiger partial charge in [0.25, 0.3) is 5.91 Å². The van der Waals surface area contributed by atoms with Gasteiger partial charge in [0.2, 0.25) is 0 Å². The average molecular weight is 350 g/mol. The van der Waals surface area contributed by atoms with Gasteiger partial charge in [-0.1, -0.05) is 60.7 Å². The minimum absolute atomic E-state index is 0.303. The van der Waals surface area contributed by atoms with Crippen molar-refractivity contribution in [3.05, 3.63) is 71.8 Å². The second-order valence-electron chi connectivity index (χ2n) is 6.59.